The van der Waals surface area contributed by atoms with Crippen LogP contribution in [0.1, 0.15) is 32.3 Å². The fraction of sp³-hybridized carbons (Fsp3) is 0.462. The van der Waals surface area contributed by atoms with Gasteiger partial charge >= 0.3 is 0 Å². The van der Waals surface area contributed by atoms with Crippen LogP contribution in [0.25, 0.3) is 0 Å². The van der Waals surface area contributed by atoms with Crippen molar-refractivity contribution in [1.82, 2.24) is 0 Å². The first-order valence-corrected chi connectivity index (χ1v) is 6.11. The molecule has 0 bridgehead atoms. The summed E-state index contributed by atoms with van der Waals surface area (Å²) in [5, 5.41) is 0.717. The van der Waals surface area contributed by atoms with Crippen LogP contribution in [0, 0.1) is 13.3 Å². The van der Waals surface area contributed by atoms with Crippen LogP contribution in [-0.4, -0.2) is 5.25 Å². The zero-order valence-corrected chi connectivity index (χ0v) is 10.1. The van der Waals surface area contributed by atoms with Gasteiger partial charge in [0, 0.05) is 10.1 Å². The van der Waals surface area contributed by atoms with E-state index in [1.807, 2.05) is 11.8 Å². The summed E-state index contributed by atoms with van der Waals surface area (Å²) in [4.78, 5) is 1.39. The van der Waals surface area contributed by atoms with Gasteiger partial charge in [-0.15, -0.1) is 11.8 Å². The predicted octanol–water partition coefficient (Wildman–Crippen LogP) is 4.48. The maximum Gasteiger partial charge on any atom is 0.00748 e. The molecule has 77 valence electrons. The van der Waals surface area contributed by atoms with Crippen molar-refractivity contribution in [3.8, 4) is 0 Å². The third-order valence-corrected chi connectivity index (χ3v) is 3.40. The molecular formula is C13H19S. The molecule has 0 aliphatic heterocycles. The van der Waals surface area contributed by atoms with Crippen LogP contribution < -0.4 is 0 Å². The molecule has 0 saturated heterocycles. The molecule has 0 saturated carbocycles. The fourth-order valence-corrected chi connectivity index (χ4v) is 2.32. The van der Waals surface area contributed by atoms with Gasteiger partial charge in [-0.3, -0.25) is 0 Å². The minimum atomic E-state index is 0.717. The van der Waals surface area contributed by atoms with Crippen LogP contribution in [-0.2, 0) is 0 Å². The van der Waals surface area contributed by atoms with Gasteiger partial charge in [0.1, 0.15) is 0 Å². The van der Waals surface area contributed by atoms with Crippen LogP contribution in [0.2, 0.25) is 0 Å². The lowest BCUT2D eigenvalue weighted by Crippen LogP contribution is -1.95. The maximum absolute atomic E-state index is 2.30. The van der Waals surface area contributed by atoms with E-state index in [1.165, 1.54) is 23.3 Å². The van der Waals surface area contributed by atoms with Crippen LogP contribution in [0.3, 0.4) is 0 Å². The highest BCUT2D eigenvalue weighted by Crippen LogP contribution is 2.26. The Kier molecular flexibility index (Phi) is 5.10. The minimum absolute atomic E-state index is 0.717. The summed E-state index contributed by atoms with van der Waals surface area (Å²) in [6.45, 7) is 6.56. The monoisotopic (exact) mass is 207 g/mol. The predicted molar refractivity (Wildman–Crippen MR) is 65.7 cm³/mol. The Labute approximate surface area is 92.1 Å². The quantitative estimate of drug-likeness (QED) is 0.641. The molecule has 0 spiro atoms. The molecule has 1 rings (SSSR count). The van der Waals surface area contributed by atoms with E-state index < -0.39 is 0 Å². The Morgan fingerprint density at radius 2 is 1.93 bits per heavy atom. The number of hydrogen-bond donors (Lipinski definition) is 0. The summed E-state index contributed by atoms with van der Waals surface area (Å²) >= 11 is 1.97. The van der Waals surface area contributed by atoms with Gasteiger partial charge in [-0.25, -0.2) is 0 Å². The van der Waals surface area contributed by atoms with Crippen LogP contribution in [0.15, 0.2) is 29.2 Å². The van der Waals surface area contributed by atoms with Gasteiger partial charge in [0.2, 0.25) is 0 Å². The fourth-order valence-electron chi connectivity index (χ4n) is 1.31. The van der Waals surface area contributed by atoms with Gasteiger partial charge in [-0.1, -0.05) is 31.5 Å². The van der Waals surface area contributed by atoms with Gasteiger partial charge in [0.05, 0.1) is 0 Å². The van der Waals surface area contributed by atoms with E-state index in [0.717, 1.165) is 0 Å². The second kappa shape index (κ2) is 6.13. The van der Waals surface area contributed by atoms with E-state index >= 15 is 0 Å². The van der Waals surface area contributed by atoms with Crippen molar-refractivity contribution in [2.75, 3.05) is 0 Å². The van der Waals surface area contributed by atoms with E-state index in [-0.39, 0.29) is 0 Å². The Balaban J connectivity index is 2.39. The van der Waals surface area contributed by atoms with Crippen molar-refractivity contribution < 1.29 is 0 Å². The van der Waals surface area contributed by atoms with Crippen molar-refractivity contribution >= 4 is 11.8 Å². The Bertz CT molecular complexity index is 250. The molecule has 0 N–H and O–H groups in total. The zero-order valence-electron chi connectivity index (χ0n) is 9.29. The molecule has 0 aliphatic rings. The summed E-state index contributed by atoms with van der Waals surface area (Å²) in [7, 11) is 0. The molecule has 0 heterocycles. The standard InChI is InChI=1S/C13H19S/c1-4-5-6-12(3)14-13-9-7-11(2)8-10-13/h4,7-10,12H,5-6H2,1-3H3. The van der Waals surface area contributed by atoms with Crippen LogP contribution in [0.5, 0.6) is 0 Å². The van der Waals surface area contributed by atoms with Crippen LogP contribution in [0.4, 0.5) is 0 Å². The average molecular weight is 207 g/mol. The van der Waals surface area contributed by atoms with E-state index in [9.17, 15) is 0 Å². The highest BCUT2D eigenvalue weighted by Gasteiger charge is 2.03. The van der Waals surface area contributed by atoms with Gasteiger partial charge < -0.3 is 0 Å². The lowest BCUT2D eigenvalue weighted by Gasteiger charge is -2.10. The molecule has 0 amide bonds. The largest absolute Gasteiger partial charge is 0.123 e. The van der Waals surface area contributed by atoms with Crippen LogP contribution >= 0.6 is 11.8 Å². The Morgan fingerprint density at radius 3 is 2.50 bits per heavy atom. The molecule has 1 unspecified atom stereocenters. The number of benzene rings is 1. The summed E-state index contributed by atoms with van der Waals surface area (Å²) in [6.07, 6.45) is 4.74. The summed E-state index contributed by atoms with van der Waals surface area (Å²) in [5.74, 6) is 0. The molecule has 1 aromatic carbocycles. The minimum Gasteiger partial charge on any atom is -0.123 e. The summed E-state index contributed by atoms with van der Waals surface area (Å²) in [5.41, 5.74) is 1.34. The zero-order chi connectivity index (χ0) is 10.4. The first-order chi connectivity index (χ1) is 6.72. The normalized spacial score (nSPS) is 12.8. The molecule has 1 atom stereocenters. The smallest absolute Gasteiger partial charge is 0.00748 e. The first kappa shape index (κ1) is 11.6. The summed E-state index contributed by atoms with van der Waals surface area (Å²) < 4.78 is 0. The average Bonchev–Trinajstić information content (AvgIpc) is 2.18. The van der Waals surface area contributed by atoms with E-state index in [4.69, 9.17) is 0 Å². The number of thioether (sulfide) groups is 1. The second-order valence-electron chi connectivity index (χ2n) is 3.73. The third-order valence-electron chi connectivity index (χ3n) is 2.22. The number of hydrogen-bond acceptors (Lipinski definition) is 1. The van der Waals surface area contributed by atoms with Crippen molar-refractivity contribution in [2.45, 2.75) is 43.8 Å². The highest BCUT2D eigenvalue weighted by molar-refractivity contribution is 7.99. The van der Waals surface area contributed by atoms with Crippen molar-refractivity contribution in [3.63, 3.8) is 0 Å². The van der Waals surface area contributed by atoms with Gasteiger partial charge in [0.15, 0.2) is 0 Å². The molecule has 14 heavy (non-hydrogen) atoms. The SMILES string of the molecule is C[CH]CCC(C)Sc1ccc(C)cc1. The van der Waals surface area contributed by atoms with Gasteiger partial charge in [0.25, 0.3) is 0 Å². The van der Waals surface area contributed by atoms with Crippen molar-refractivity contribution in [2.24, 2.45) is 0 Å². The Hall–Kier alpha value is -0.430. The molecule has 0 aromatic heterocycles. The molecule has 0 fully saturated rings. The van der Waals surface area contributed by atoms with E-state index in [1.54, 1.807) is 0 Å². The molecule has 1 radical (unpaired) electrons. The molecule has 0 aliphatic carbocycles. The number of rotatable bonds is 5. The maximum atomic E-state index is 2.30. The number of aryl methyl sites for hydroxylation is 1. The van der Waals surface area contributed by atoms with Crippen molar-refractivity contribution in [3.05, 3.63) is 36.2 Å². The molecule has 0 nitrogen and oxygen atoms in total. The van der Waals surface area contributed by atoms with Gasteiger partial charge in [-0.05, 0) is 38.3 Å². The summed E-state index contributed by atoms with van der Waals surface area (Å²) in [6, 6.07) is 8.79. The third kappa shape index (κ3) is 4.19. The number of unbranched alkanes of at least 4 members (excludes halogenated alkanes) is 1. The topological polar surface area (TPSA) is 0 Å². The van der Waals surface area contributed by atoms with Gasteiger partial charge in [-0.2, -0.15) is 0 Å². The molecule has 1 aromatic rings. The lowest BCUT2D eigenvalue weighted by atomic mass is 10.2. The highest BCUT2D eigenvalue weighted by atomic mass is 32.2. The van der Waals surface area contributed by atoms with E-state index in [0.29, 0.717) is 5.25 Å². The second-order valence-corrected chi connectivity index (χ2v) is 5.24. The molecule has 1 heteroatoms. The lowest BCUT2D eigenvalue weighted by molar-refractivity contribution is 0.799. The van der Waals surface area contributed by atoms with Crippen molar-refractivity contribution in [1.29, 1.82) is 0 Å². The molecular weight excluding hydrogens is 188 g/mol. The first-order valence-electron chi connectivity index (χ1n) is 5.23. The van der Waals surface area contributed by atoms with E-state index in [2.05, 4.69) is 51.5 Å². The Morgan fingerprint density at radius 1 is 1.29 bits per heavy atom.